The highest BCUT2D eigenvalue weighted by Crippen LogP contribution is 2.18. The van der Waals surface area contributed by atoms with Crippen LogP contribution in [0, 0.1) is 12.8 Å². The molecule has 0 aliphatic rings. The van der Waals surface area contributed by atoms with Gasteiger partial charge in [-0.1, -0.05) is 64.0 Å². The van der Waals surface area contributed by atoms with Crippen molar-refractivity contribution >= 4 is 15.9 Å². The van der Waals surface area contributed by atoms with Gasteiger partial charge in [-0.05, 0) is 49.8 Å². The van der Waals surface area contributed by atoms with Crippen molar-refractivity contribution in [3.05, 3.63) is 65.7 Å². The van der Waals surface area contributed by atoms with Gasteiger partial charge in [0.1, 0.15) is 5.75 Å². The molecule has 0 saturated heterocycles. The summed E-state index contributed by atoms with van der Waals surface area (Å²) in [5, 5.41) is 1.05. The van der Waals surface area contributed by atoms with Crippen molar-refractivity contribution in [3.63, 3.8) is 0 Å². The second kappa shape index (κ2) is 8.89. The summed E-state index contributed by atoms with van der Waals surface area (Å²) in [4.78, 5) is 0. The molecule has 2 rings (SSSR count). The maximum atomic E-state index is 5.75. The molecule has 0 N–H and O–H groups in total. The van der Waals surface area contributed by atoms with Crippen molar-refractivity contribution in [1.82, 2.24) is 0 Å². The van der Waals surface area contributed by atoms with E-state index in [-0.39, 0.29) is 0 Å². The van der Waals surface area contributed by atoms with Crippen molar-refractivity contribution in [3.8, 4) is 5.75 Å². The molecule has 0 fully saturated rings. The topological polar surface area (TPSA) is 9.23 Å². The molecule has 1 unspecified atom stereocenters. The molecule has 2 heteroatoms. The summed E-state index contributed by atoms with van der Waals surface area (Å²) in [5.74, 6) is 1.64. The summed E-state index contributed by atoms with van der Waals surface area (Å²) in [7, 11) is 0. The molecule has 21 heavy (non-hydrogen) atoms. The normalized spacial score (nSPS) is 12.1. The zero-order valence-electron chi connectivity index (χ0n) is 12.6. The minimum absolute atomic E-state index is 0.672. The van der Waals surface area contributed by atoms with Gasteiger partial charge in [-0.2, -0.15) is 0 Å². The SMILES string of the molecule is Cc1cccc(CC(CBr)CCCOc2ccccc2)c1. The van der Waals surface area contributed by atoms with Crippen LogP contribution in [0.15, 0.2) is 54.6 Å². The number of ether oxygens (including phenoxy) is 1. The molecular weight excluding hydrogens is 324 g/mol. The first-order valence-electron chi connectivity index (χ1n) is 7.57. The van der Waals surface area contributed by atoms with Crippen molar-refractivity contribution in [2.24, 2.45) is 5.92 Å². The smallest absolute Gasteiger partial charge is 0.119 e. The lowest BCUT2D eigenvalue weighted by Gasteiger charge is -2.15. The lowest BCUT2D eigenvalue weighted by Crippen LogP contribution is -2.09. The highest BCUT2D eigenvalue weighted by atomic mass is 79.9. The number of para-hydroxylation sites is 1. The molecule has 0 amide bonds. The van der Waals surface area contributed by atoms with Crippen LogP contribution in [0.1, 0.15) is 24.0 Å². The van der Waals surface area contributed by atoms with E-state index in [2.05, 4.69) is 47.1 Å². The summed E-state index contributed by atoms with van der Waals surface area (Å²) in [6, 6.07) is 18.9. The Morgan fingerprint density at radius 2 is 1.86 bits per heavy atom. The standard InChI is InChI=1S/C19H23BrO/c1-16-7-5-8-17(13-16)14-18(15-20)9-6-12-21-19-10-3-2-4-11-19/h2-5,7-8,10-11,13,18H,6,9,12,14-15H2,1H3. The lowest BCUT2D eigenvalue weighted by atomic mass is 9.96. The third-order valence-electron chi connectivity index (χ3n) is 3.59. The summed E-state index contributed by atoms with van der Waals surface area (Å²) < 4.78 is 5.75. The fraction of sp³-hybridized carbons (Fsp3) is 0.368. The van der Waals surface area contributed by atoms with Crippen molar-refractivity contribution < 1.29 is 4.74 Å². The minimum Gasteiger partial charge on any atom is -0.494 e. The Kier molecular flexibility index (Phi) is 6.81. The fourth-order valence-corrected chi connectivity index (χ4v) is 3.04. The molecule has 0 aromatic heterocycles. The first-order valence-corrected chi connectivity index (χ1v) is 8.69. The Morgan fingerprint density at radius 1 is 1.05 bits per heavy atom. The van der Waals surface area contributed by atoms with Gasteiger partial charge in [-0.15, -0.1) is 0 Å². The first-order chi connectivity index (χ1) is 10.3. The molecule has 0 saturated carbocycles. The van der Waals surface area contributed by atoms with Gasteiger partial charge in [0.25, 0.3) is 0 Å². The highest BCUT2D eigenvalue weighted by molar-refractivity contribution is 9.09. The van der Waals surface area contributed by atoms with Gasteiger partial charge >= 0.3 is 0 Å². The number of halogens is 1. The Labute approximate surface area is 136 Å². The van der Waals surface area contributed by atoms with E-state index in [1.807, 2.05) is 30.3 Å². The van der Waals surface area contributed by atoms with Crippen LogP contribution in [-0.4, -0.2) is 11.9 Å². The van der Waals surface area contributed by atoms with Crippen molar-refractivity contribution in [1.29, 1.82) is 0 Å². The third kappa shape index (κ3) is 5.92. The number of alkyl halides is 1. The molecule has 1 atom stereocenters. The van der Waals surface area contributed by atoms with Gasteiger partial charge in [0.15, 0.2) is 0 Å². The summed E-state index contributed by atoms with van der Waals surface area (Å²) >= 11 is 3.65. The van der Waals surface area contributed by atoms with Gasteiger partial charge < -0.3 is 4.74 Å². The predicted octanol–water partition coefficient (Wildman–Crippen LogP) is 5.41. The second-order valence-corrected chi connectivity index (χ2v) is 6.16. The van der Waals surface area contributed by atoms with Gasteiger partial charge in [0, 0.05) is 5.33 Å². The number of hydrogen-bond donors (Lipinski definition) is 0. The van der Waals surface area contributed by atoms with Crippen LogP contribution in [-0.2, 0) is 6.42 Å². The lowest BCUT2D eigenvalue weighted by molar-refractivity contribution is 0.295. The van der Waals surface area contributed by atoms with E-state index >= 15 is 0 Å². The van der Waals surface area contributed by atoms with Crippen LogP contribution in [0.25, 0.3) is 0 Å². The molecule has 0 aliphatic carbocycles. The maximum Gasteiger partial charge on any atom is 0.119 e. The Bertz CT molecular complexity index is 524. The molecule has 2 aromatic rings. The molecule has 0 bridgehead atoms. The van der Waals surface area contributed by atoms with E-state index in [4.69, 9.17) is 4.74 Å². The van der Waals surface area contributed by atoms with Crippen molar-refractivity contribution in [2.75, 3.05) is 11.9 Å². The zero-order valence-corrected chi connectivity index (χ0v) is 14.2. The van der Waals surface area contributed by atoms with Crippen molar-refractivity contribution in [2.45, 2.75) is 26.2 Å². The number of benzene rings is 2. The molecule has 0 heterocycles. The van der Waals surface area contributed by atoms with Gasteiger partial charge in [-0.3, -0.25) is 0 Å². The number of hydrogen-bond acceptors (Lipinski definition) is 1. The molecule has 0 spiro atoms. The zero-order chi connectivity index (χ0) is 14.9. The quantitative estimate of drug-likeness (QED) is 0.458. The van der Waals surface area contributed by atoms with E-state index in [9.17, 15) is 0 Å². The highest BCUT2D eigenvalue weighted by Gasteiger charge is 2.08. The summed E-state index contributed by atoms with van der Waals surface area (Å²) in [6.45, 7) is 2.95. The molecule has 0 aliphatic heterocycles. The van der Waals surface area contributed by atoms with E-state index in [0.717, 1.165) is 30.5 Å². The second-order valence-electron chi connectivity index (χ2n) is 5.52. The largest absolute Gasteiger partial charge is 0.494 e. The summed E-state index contributed by atoms with van der Waals surface area (Å²) in [5.41, 5.74) is 2.77. The molecule has 0 radical (unpaired) electrons. The predicted molar refractivity (Wildman–Crippen MR) is 93.3 cm³/mol. The number of rotatable bonds is 8. The Hall–Kier alpha value is -1.28. The van der Waals surface area contributed by atoms with Crippen LogP contribution in [0.2, 0.25) is 0 Å². The van der Waals surface area contributed by atoms with Gasteiger partial charge in [0.2, 0.25) is 0 Å². The van der Waals surface area contributed by atoms with E-state index in [1.165, 1.54) is 17.5 Å². The summed E-state index contributed by atoms with van der Waals surface area (Å²) in [6.07, 6.45) is 3.42. The van der Waals surface area contributed by atoms with E-state index < -0.39 is 0 Å². The Balaban J connectivity index is 1.72. The average Bonchev–Trinajstić information content (AvgIpc) is 2.51. The fourth-order valence-electron chi connectivity index (χ4n) is 2.48. The average molecular weight is 347 g/mol. The maximum absolute atomic E-state index is 5.75. The first kappa shape index (κ1) is 16.1. The van der Waals surface area contributed by atoms with Crippen LogP contribution < -0.4 is 4.74 Å². The molecule has 112 valence electrons. The number of aryl methyl sites for hydroxylation is 1. The monoisotopic (exact) mass is 346 g/mol. The van der Waals surface area contributed by atoms with Crippen LogP contribution in [0.3, 0.4) is 0 Å². The van der Waals surface area contributed by atoms with E-state index in [0.29, 0.717) is 5.92 Å². The molecule has 1 nitrogen and oxygen atoms in total. The van der Waals surface area contributed by atoms with Crippen LogP contribution in [0.5, 0.6) is 5.75 Å². The third-order valence-corrected chi connectivity index (χ3v) is 4.51. The van der Waals surface area contributed by atoms with Crippen LogP contribution in [0.4, 0.5) is 0 Å². The van der Waals surface area contributed by atoms with Crippen LogP contribution >= 0.6 is 15.9 Å². The van der Waals surface area contributed by atoms with Gasteiger partial charge in [0.05, 0.1) is 6.61 Å². The molecule has 2 aromatic carbocycles. The van der Waals surface area contributed by atoms with E-state index in [1.54, 1.807) is 0 Å². The Morgan fingerprint density at radius 3 is 2.57 bits per heavy atom. The van der Waals surface area contributed by atoms with Gasteiger partial charge in [-0.25, -0.2) is 0 Å². The minimum atomic E-state index is 0.672. The molecular formula is C19H23BrO.